The van der Waals surface area contributed by atoms with E-state index in [0.29, 0.717) is 21.8 Å². The van der Waals surface area contributed by atoms with Crippen LogP contribution in [-0.2, 0) is 20.7 Å². The number of benzene rings is 1. The van der Waals surface area contributed by atoms with Crippen LogP contribution in [0.2, 0.25) is 0 Å². The van der Waals surface area contributed by atoms with Gasteiger partial charge in [0.15, 0.2) is 5.78 Å². The zero-order chi connectivity index (χ0) is 23.8. The minimum atomic E-state index is -0.618. The highest BCUT2D eigenvalue weighted by Crippen LogP contribution is 2.31. The molecule has 0 amide bonds. The average molecular weight is 456 g/mol. The van der Waals surface area contributed by atoms with E-state index in [9.17, 15) is 19.6 Å². The number of allylic oxidation sites excluding steroid dienone is 1. The fraction of sp³-hybridized carbons (Fsp3) is 0.333. The molecule has 0 fully saturated rings. The van der Waals surface area contributed by atoms with Crippen molar-refractivity contribution in [2.75, 3.05) is 20.3 Å². The van der Waals surface area contributed by atoms with Gasteiger partial charge in [-0.05, 0) is 62.6 Å². The fourth-order valence-corrected chi connectivity index (χ4v) is 4.25. The third kappa shape index (κ3) is 5.62. The number of ether oxygens (including phenoxy) is 3. The van der Waals surface area contributed by atoms with Crippen molar-refractivity contribution in [3.8, 4) is 11.8 Å². The molecule has 0 N–H and O–H groups in total. The zero-order valence-corrected chi connectivity index (χ0v) is 19.6. The van der Waals surface area contributed by atoms with Gasteiger partial charge in [-0.2, -0.15) is 5.26 Å². The van der Waals surface area contributed by atoms with E-state index in [0.717, 1.165) is 16.9 Å². The van der Waals surface area contributed by atoms with Crippen molar-refractivity contribution < 1.29 is 28.6 Å². The molecule has 1 aromatic heterocycles. The second kappa shape index (κ2) is 11.3. The Balaban J connectivity index is 2.44. The number of hydrogen-bond acceptors (Lipinski definition) is 8. The summed E-state index contributed by atoms with van der Waals surface area (Å²) < 4.78 is 15.4. The summed E-state index contributed by atoms with van der Waals surface area (Å²) in [5.74, 6) is -0.980. The Morgan fingerprint density at radius 1 is 1.09 bits per heavy atom. The first-order valence-electron chi connectivity index (χ1n) is 10.0. The van der Waals surface area contributed by atoms with Crippen LogP contribution in [0.1, 0.15) is 55.4 Å². The fourth-order valence-electron chi connectivity index (χ4n) is 3.07. The number of aryl methyl sites for hydroxylation is 1. The van der Waals surface area contributed by atoms with Gasteiger partial charge in [-0.25, -0.2) is 9.59 Å². The van der Waals surface area contributed by atoms with Gasteiger partial charge in [0.25, 0.3) is 0 Å². The SMILES string of the molecule is CCOC(=O)c1sc(CC(=O)/C(C#N)=C/c2ccc(OC)cc2C)c(C(=O)OCC)c1C. The largest absolute Gasteiger partial charge is 0.497 e. The molecule has 0 atom stereocenters. The van der Waals surface area contributed by atoms with Crippen molar-refractivity contribution in [3.05, 3.63) is 55.8 Å². The molecule has 0 radical (unpaired) electrons. The van der Waals surface area contributed by atoms with Gasteiger partial charge in [0.2, 0.25) is 0 Å². The van der Waals surface area contributed by atoms with Gasteiger partial charge in [0.05, 0.1) is 31.5 Å². The van der Waals surface area contributed by atoms with Crippen LogP contribution in [0.15, 0.2) is 23.8 Å². The van der Waals surface area contributed by atoms with Gasteiger partial charge in [-0.3, -0.25) is 4.79 Å². The number of esters is 2. The molecule has 2 rings (SSSR count). The van der Waals surface area contributed by atoms with E-state index in [-0.39, 0.29) is 35.6 Å². The molecule has 8 heteroatoms. The smallest absolute Gasteiger partial charge is 0.348 e. The van der Waals surface area contributed by atoms with E-state index in [1.54, 1.807) is 46.1 Å². The van der Waals surface area contributed by atoms with E-state index in [1.165, 1.54) is 6.08 Å². The molecule has 0 saturated heterocycles. The molecule has 0 saturated carbocycles. The Labute approximate surface area is 191 Å². The molecule has 0 unspecified atom stereocenters. The number of thiophene rings is 1. The maximum Gasteiger partial charge on any atom is 0.348 e. The van der Waals surface area contributed by atoms with Gasteiger partial charge in [0.1, 0.15) is 16.7 Å². The Morgan fingerprint density at radius 2 is 1.75 bits per heavy atom. The van der Waals surface area contributed by atoms with Crippen LogP contribution in [0.3, 0.4) is 0 Å². The summed E-state index contributed by atoms with van der Waals surface area (Å²) in [6.45, 7) is 7.15. The molecule has 32 heavy (non-hydrogen) atoms. The minimum Gasteiger partial charge on any atom is -0.497 e. The summed E-state index contributed by atoms with van der Waals surface area (Å²) in [5, 5.41) is 9.58. The summed E-state index contributed by atoms with van der Waals surface area (Å²) in [4.78, 5) is 38.4. The number of Topliss-reactive ketones (excluding diaryl/α,β-unsaturated/α-hetero) is 1. The third-order valence-electron chi connectivity index (χ3n) is 4.68. The summed E-state index contributed by atoms with van der Waals surface area (Å²) >= 11 is 1.01. The minimum absolute atomic E-state index is 0.0585. The summed E-state index contributed by atoms with van der Waals surface area (Å²) in [5.41, 5.74) is 2.07. The maximum atomic E-state index is 13.0. The quantitative estimate of drug-likeness (QED) is 0.313. The molecule has 7 nitrogen and oxygen atoms in total. The predicted octanol–water partition coefficient (Wildman–Crippen LogP) is 4.45. The Hall–Kier alpha value is -3.44. The second-order valence-electron chi connectivity index (χ2n) is 6.79. The first-order valence-corrected chi connectivity index (χ1v) is 10.8. The highest BCUT2D eigenvalue weighted by Gasteiger charge is 2.28. The van der Waals surface area contributed by atoms with Crippen LogP contribution < -0.4 is 4.74 Å². The van der Waals surface area contributed by atoms with Crippen LogP contribution in [0.5, 0.6) is 5.75 Å². The number of ketones is 1. The highest BCUT2D eigenvalue weighted by atomic mass is 32.1. The molecule has 2 aromatic rings. The van der Waals surface area contributed by atoms with Crippen LogP contribution in [0.25, 0.3) is 6.08 Å². The van der Waals surface area contributed by atoms with E-state index in [1.807, 2.05) is 13.0 Å². The Bertz CT molecular complexity index is 1110. The average Bonchev–Trinajstić information content (AvgIpc) is 3.08. The zero-order valence-electron chi connectivity index (χ0n) is 18.7. The molecule has 0 aliphatic heterocycles. The van der Waals surface area contributed by atoms with Crippen LogP contribution >= 0.6 is 11.3 Å². The van der Waals surface area contributed by atoms with Crippen LogP contribution in [-0.4, -0.2) is 38.0 Å². The second-order valence-corrected chi connectivity index (χ2v) is 7.89. The van der Waals surface area contributed by atoms with Crippen molar-refractivity contribution in [2.45, 2.75) is 34.1 Å². The van der Waals surface area contributed by atoms with Gasteiger partial charge < -0.3 is 14.2 Å². The third-order valence-corrected chi connectivity index (χ3v) is 5.95. The normalized spacial score (nSPS) is 10.9. The van der Waals surface area contributed by atoms with E-state index >= 15 is 0 Å². The molecule has 0 spiro atoms. The standard InChI is InChI=1S/C24H25NO6S/c1-6-30-23(27)21-15(4)22(24(28)31-7-2)32-20(21)12-19(26)17(13-25)11-16-8-9-18(29-5)10-14(16)3/h8-11H,6-7,12H2,1-5H3/b17-11+. The number of hydrogen-bond donors (Lipinski definition) is 0. The Morgan fingerprint density at radius 3 is 2.31 bits per heavy atom. The lowest BCUT2D eigenvalue weighted by atomic mass is 10.0. The first-order chi connectivity index (χ1) is 15.3. The summed E-state index contributed by atoms with van der Waals surface area (Å²) in [7, 11) is 1.56. The van der Waals surface area contributed by atoms with Crippen LogP contribution in [0, 0.1) is 25.2 Å². The van der Waals surface area contributed by atoms with Gasteiger partial charge in [0, 0.05) is 11.3 Å². The number of methoxy groups -OCH3 is 1. The predicted molar refractivity (Wildman–Crippen MR) is 121 cm³/mol. The Kier molecular flexibility index (Phi) is 8.73. The number of carbonyl (C=O) groups excluding carboxylic acids is 3. The van der Waals surface area contributed by atoms with E-state index in [4.69, 9.17) is 14.2 Å². The molecule has 168 valence electrons. The highest BCUT2D eigenvalue weighted by molar-refractivity contribution is 7.14. The number of rotatable bonds is 9. The molecule has 0 aliphatic rings. The number of carbonyl (C=O) groups is 3. The van der Waals surface area contributed by atoms with Crippen molar-refractivity contribution in [3.63, 3.8) is 0 Å². The maximum absolute atomic E-state index is 13.0. The molecule has 1 heterocycles. The molecule has 0 bridgehead atoms. The van der Waals surface area contributed by atoms with Gasteiger partial charge in [-0.1, -0.05) is 6.07 Å². The summed E-state index contributed by atoms with van der Waals surface area (Å²) in [6, 6.07) is 7.25. The lowest BCUT2D eigenvalue weighted by molar-refractivity contribution is -0.114. The lowest BCUT2D eigenvalue weighted by Crippen LogP contribution is -2.12. The van der Waals surface area contributed by atoms with E-state index in [2.05, 4.69) is 0 Å². The topological polar surface area (TPSA) is 103 Å². The monoisotopic (exact) mass is 455 g/mol. The van der Waals surface area contributed by atoms with Crippen molar-refractivity contribution in [2.24, 2.45) is 0 Å². The van der Waals surface area contributed by atoms with Gasteiger partial charge in [-0.15, -0.1) is 11.3 Å². The molecule has 0 aliphatic carbocycles. The summed E-state index contributed by atoms with van der Waals surface area (Å²) in [6.07, 6.45) is 1.29. The molecule has 1 aromatic carbocycles. The lowest BCUT2D eigenvalue weighted by Gasteiger charge is -2.06. The van der Waals surface area contributed by atoms with Gasteiger partial charge >= 0.3 is 11.9 Å². The number of nitrogens with zero attached hydrogens (tertiary/aromatic N) is 1. The molecular weight excluding hydrogens is 430 g/mol. The van der Waals surface area contributed by atoms with Crippen molar-refractivity contribution in [1.82, 2.24) is 0 Å². The first kappa shape index (κ1) is 24.8. The van der Waals surface area contributed by atoms with Crippen LogP contribution in [0.4, 0.5) is 0 Å². The van der Waals surface area contributed by atoms with E-state index < -0.39 is 17.7 Å². The van der Waals surface area contributed by atoms with Crippen molar-refractivity contribution in [1.29, 1.82) is 5.26 Å². The number of nitriles is 1. The molecular formula is C24H25NO6S. The van der Waals surface area contributed by atoms with Crippen molar-refractivity contribution >= 4 is 35.1 Å².